The third-order valence-electron chi connectivity index (χ3n) is 7.79. The zero-order chi connectivity index (χ0) is 24.7. The molecule has 4 heteroatoms. The fourth-order valence-electron chi connectivity index (χ4n) is 5.56. The van der Waals surface area contributed by atoms with E-state index in [1.807, 2.05) is 35.2 Å². The van der Waals surface area contributed by atoms with Crippen molar-refractivity contribution in [2.45, 2.75) is 64.5 Å². The Hall–Kier alpha value is -3.40. The Bertz CT molecular complexity index is 1250. The minimum absolute atomic E-state index is 0.0111. The van der Waals surface area contributed by atoms with E-state index in [9.17, 15) is 4.79 Å². The number of nitrogens with zero attached hydrogens (tertiary/aromatic N) is 2. The second-order valence-corrected chi connectivity index (χ2v) is 10.1. The number of carbonyl (C=O) groups excluding carboxylic acids is 1. The highest BCUT2D eigenvalue weighted by Crippen LogP contribution is 2.31. The van der Waals surface area contributed by atoms with Crippen LogP contribution in [-0.4, -0.2) is 29.3 Å². The van der Waals surface area contributed by atoms with E-state index >= 15 is 0 Å². The zero-order valence-electron chi connectivity index (χ0n) is 21.2. The van der Waals surface area contributed by atoms with Crippen molar-refractivity contribution in [2.75, 3.05) is 6.54 Å². The van der Waals surface area contributed by atoms with Crippen molar-refractivity contribution in [1.82, 2.24) is 4.90 Å². The Morgan fingerprint density at radius 1 is 0.944 bits per heavy atom. The van der Waals surface area contributed by atoms with Crippen LogP contribution in [0.15, 0.2) is 84.0 Å². The van der Waals surface area contributed by atoms with Gasteiger partial charge in [-0.05, 0) is 78.0 Å². The first kappa shape index (κ1) is 24.3. The van der Waals surface area contributed by atoms with Gasteiger partial charge in [0.15, 0.2) is 0 Å². The lowest BCUT2D eigenvalue weighted by molar-refractivity contribution is 0.0902. The zero-order valence-corrected chi connectivity index (χ0v) is 21.2. The molecule has 0 aliphatic carbocycles. The second kappa shape index (κ2) is 11.6. The lowest BCUT2D eigenvalue weighted by Gasteiger charge is -2.30. The van der Waals surface area contributed by atoms with Gasteiger partial charge in [0, 0.05) is 18.5 Å². The molecule has 3 aromatic rings. The summed E-state index contributed by atoms with van der Waals surface area (Å²) in [6, 6.07) is 25.1. The molecule has 2 unspecified atom stereocenters. The number of hydrogen-bond donors (Lipinski definition) is 0. The first-order valence-electron chi connectivity index (χ1n) is 13.4. The summed E-state index contributed by atoms with van der Waals surface area (Å²) in [6.07, 6.45) is 9.05. The molecule has 2 aliphatic rings. The number of aliphatic imine (C=N–C) groups is 1. The summed E-state index contributed by atoms with van der Waals surface area (Å²) in [5.74, 6) is 0.648. The molecule has 2 atom stereocenters. The van der Waals surface area contributed by atoms with Crippen LogP contribution in [0.5, 0.6) is 0 Å². The van der Waals surface area contributed by atoms with Crippen LogP contribution in [0.1, 0.15) is 63.0 Å². The summed E-state index contributed by atoms with van der Waals surface area (Å²) in [5.41, 5.74) is 4.65. The predicted molar refractivity (Wildman–Crippen MR) is 148 cm³/mol. The molecule has 0 aromatic heterocycles. The van der Waals surface area contributed by atoms with Crippen LogP contribution in [0.4, 0.5) is 4.79 Å². The molecule has 0 N–H and O–H groups in total. The maximum Gasteiger partial charge on any atom is 0.410 e. The Morgan fingerprint density at radius 2 is 1.75 bits per heavy atom. The largest absolute Gasteiger partial charge is 0.445 e. The summed E-state index contributed by atoms with van der Waals surface area (Å²) in [7, 11) is 0. The van der Waals surface area contributed by atoms with Crippen LogP contribution in [0, 0.1) is 5.92 Å². The number of fused-ring (bicyclic) bond motifs is 1. The highest BCUT2D eigenvalue weighted by atomic mass is 16.6. The number of allylic oxidation sites excluding steroid dienone is 1. The summed E-state index contributed by atoms with van der Waals surface area (Å²) >= 11 is 0. The third kappa shape index (κ3) is 5.70. The number of ether oxygens (including phenoxy) is 1. The van der Waals surface area contributed by atoms with Crippen molar-refractivity contribution in [3.63, 3.8) is 0 Å². The summed E-state index contributed by atoms with van der Waals surface area (Å²) in [4.78, 5) is 20.3. The Kier molecular flexibility index (Phi) is 7.80. The van der Waals surface area contributed by atoms with Gasteiger partial charge in [0.1, 0.15) is 6.61 Å². The predicted octanol–water partition coefficient (Wildman–Crippen LogP) is 8.02. The normalized spacial score (nSPS) is 20.8. The van der Waals surface area contributed by atoms with E-state index in [4.69, 9.17) is 9.73 Å². The molecule has 4 nitrogen and oxygen atoms in total. The smallest absolute Gasteiger partial charge is 0.410 e. The standard InChI is InChI=1S/C32H36N2O2/c1-2-24-15-18-31(34(20-19-24)32(35)36-23-25-9-4-3-5-10-25)30-14-8-13-29(22-33-30)28-17-16-26-11-6-7-12-27(26)21-28/h3-7,9-12,16-17,21-22,24,31H,2,8,13-15,18-20,23H2,1H3. The van der Waals surface area contributed by atoms with Crippen LogP contribution in [0.2, 0.25) is 0 Å². The first-order valence-corrected chi connectivity index (χ1v) is 13.4. The average Bonchev–Trinajstić information content (AvgIpc) is 3.31. The fraction of sp³-hybridized carbons (Fsp3) is 0.375. The quantitative estimate of drug-likeness (QED) is 0.371. The lowest BCUT2D eigenvalue weighted by atomic mass is 9.94. The molecule has 5 rings (SSSR count). The van der Waals surface area contributed by atoms with Gasteiger partial charge in [-0.15, -0.1) is 0 Å². The van der Waals surface area contributed by atoms with E-state index in [0.717, 1.165) is 62.8 Å². The number of benzene rings is 3. The Balaban J connectivity index is 1.37. The van der Waals surface area contributed by atoms with Gasteiger partial charge in [-0.25, -0.2) is 4.79 Å². The topological polar surface area (TPSA) is 41.9 Å². The van der Waals surface area contributed by atoms with E-state index < -0.39 is 0 Å². The van der Waals surface area contributed by atoms with Gasteiger partial charge < -0.3 is 4.74 Å². The number of likely N-dealkylation sites (tertiary alicyclic amines) is 1. The minimum atomic E-state index is -0.216. The maximum absolute atomic E-state index is 13.3. The molecule has 0 spiro atoms. The van der Waals surface area contributed by atoms with Gasteiger partial charge in [-0.3, -0.25) is 9.89 Å². The van der Waals surface area contributed by atoms with Gasteiger partial charge in [-0.1, -0.05) is 80.1 Å². The van der Waals surface area contributed by atoms with Crippen molar-refractivity contribution < 1.29 is 9.53 Å². The van der Waals surface area contributed by atoms with E-state index in [-0.39, 0.29) is 12.1 Å². The van der Waals surface area contributed by atoms with E-state index in [1.165, 1.54) is 21.9 Å². The summed E-state index contributed by atoms with van der Waals surface area (Å²) in [5, 5.41) is 2.51. The third-order valence-corrected chi connectivity index (χ3v) is 7.79. The van der Waals surface area contributed by atoms with Crippen molar-refractivity contribution in [2.24, 2.45) is 10.9 Å². The molecular formula is C32H36N2O2. The number of rotatable bonds is 5. The number of amides is 1. The molecule has 1 saturated heterocycles. The van der Waals surface area contributed by atoms with E-state index in [0.29, 0.717) is 12.5 Å². The van der Waals surface area contributed by atoms with Crippen LogP contribution in [-0.2, 0) is 11.3 Å². The van der Waals surface area contributed by atoms with Gasteiger partial charge in [0.2, 0.25) is 0 Å². The van der Waals surface area contributed by atoms with Crippen LogP contribution in [0.3, 0.4) is 0 Å². The molecule has 3 aromatic carbocycles. The second-order valence-electron chi connectivity index (χ2n) is 10.1. The summed E-state index contributed by atoms with van der Waals surface area (Å²) in [6.45, 7) is 3.29. The monoisotopic (exact) mass is 480 g/mol. The van der Waals surface area contributed by atoms with Gasteiger partial charge in [-0.2, -0.15) is 0 Å². The van der Waals surface area contributed by atoms with Crippen molar-refractivity contribution >= 4 is 28.2 Å². The van der Waals surface area contributed by atoms with Crippen molar-refractivity contribution in [3.05, 3.63) is 90.1 Å². The molecule has 2 aliphatic heterocycles. The van der Waals surface area contributed by atoms with Crippen LogP contribution < -0.4 is 0 Å². The van der Waals surface area contributed by atoms with Crippen molar-refractivity contribution in [1.29, 1.82) is 0 Å². The number of carbonyl (C=O) groups is 1. The van der Waals surface area contributed by atoms with Crippen LogP contribution in [0.25, 0.3) is 16.3 Å². The first-order chi connectivity index (χ1) is 17.7. The maximum atomic E-state index is 13.3. The van der Waals surface area contributed by atoms with Gasteiger partial charge in [0.25, 0.3) is 0 Å². The molecule has 2 heterocycles. The van der Waals surface area contributed by atoms with E-state index in [2.05, 4.69) is 55.6 Å². The lowest BCUT2D eigenvalue weighted by Crippen LogP contribution is -2.45. The molecule has 0 saturated carbocycles. The van der Waals surface area contributed by atoms with Crippen LogP contribution >= 0.6 is 0 Å². The molecule has 186 valence electrons. The molecular weight excluding hydrogens is 444 g/mol. The van der Waals surface area contributed by atoms with E-state index in [1.54, 1.807) is 0 Å². The SMILES string of the molecule is CCC1CCC(C2=NC=C(c3ccc4ccccc4c3)CCC2)N(C(=O)OCc2ccccc2)CC1. The average molecular weight is 481 g/mol. The Morgan fingerprint density at radius 3 is 2.58 bits per heavy atom. The number of hydrogen-bond acceptors (Lipinski definition) is 3. The Labute approximate surface area is 214 Å². The fourth-order valence-corrected chi connectivity index (χ4v) is 5.56. The molecule has 1 amide bonds. The van der Waals surface area contributed by atoms with Gasteiger partial charge in [0.05, 0.1) is 6.04 Å². The molecule has 0 bridgehead atoms. The molecule has 0 radical (unpaired) electrons. The highest BCUT2D eigenvalue weighted by molar-refractivity contribution is 5.94. The van der Waals surface area contributed by atoms with Crippen molar-refractivity contribution in [3.8, 4) is 0 Å². The highest BCUT2D eigenvalue weighted by Gasteiger charge is 2.32. The summed E-state index contributed by atoms with van der Waals surface area (Å²) < 4.78 is 5.79. The molecule has 1 fully saturated rings. The molecule has 36 heavy (non-hydrogen) atoms. The van der Waals surface area contributed by atoms with Gasteiger partial charge >= 0.3 is 6.09 Å². The minimum Gasteiger partial charge on any atom is -0.445 e.